The van der Waals surface area contributed by atoms with Gasteiger partial charge in [0, 0.05) is 42.3 Å². The second-order valence-electron chi connectivity index (χ2n) is 18.0. The molecule has 12 aromatic rings. The quantitative estimate of drug-likeness (QED) is 0.147. The van der Waals surface area contributed by atoms with Crippen molar-refractivity contribution in [1.29, 1.82) is 0 Å². The van der Waals surface area contributed by atoms with Crippen LogP contribution in [-0.2, 0) is 5.41 Å². The van der Waals surface area contributed by atoms with E-state index in [0.29, 0.717) is 0 Å². The fourth-order valence-corrected chi connectivity index (χ4v) is 12.4. The van der Waals surface area contributed by atoms with E-state index in [1.165, 1.54) is 92.1 Å². The molecule has 0 fully saturated rings. The average Bonchev–Trinajstić information content (AvgIpc) is 3.92. The highest BCUT2D eigenvalue weighted by atomic mass is 32.1. The molecule has 1 heterocycles. The van der Waals surface area contributed by atoms with Crippen LogP contribution in [-0.4, -0.2) is 0 Å². The first-order valence-corrected chi connectivity index (χ1v) is 24.3. The predicted molar refractivity (Wildman–Crippen MR) is 291 cm³/mol. The highest BCUT2D eigenvalue weighted by Crippen LogP contribution is 2.55. The summed E-state index contributed by atoms with van der Waals surface area (Å²) in [5.74, 6) is 0. The summed E-state index contributed by atoms with van der Waals surface area (Å²) in [6, 6.07) is 94.2. The third kappa shape index (κ3) is 6.29. The maximum Gasteiger partial charge on any atom is 0.0540 e. The molecule has 68 heavy (non-hydrogen) atoms. The van der Waals surface area contributed by atoms with E-state index < -0.39 is 0 Å². The number of hydrogen-bond donors (Lipinski definition) is 0. The Kier molecular flexibility index (Phi) is 9.56. The molecule has 0 aliphatic heterocycles. The number of thiophene rings is 1. The minimum atomic E-state index is -0.330. The zero-order chi connectivity index (χ0) is 45.2. The summed E-state index contributed by atoms with van der Waals surface area (Å²) in [6.45, 7) is 2.41. The SMILES string of the molecule is CC1(c2ccccc2)c2ccccc2-c2ccc(-c3ccccc3N(c3ccccc3-c3cccc4cccc(-c5ccccc5)c34)c3ccccc3-c3cccc4sc5ccccc5c34)cc21. The summed E-state index contributed by atoms with van der Waals surface area (Å²) in [7, 11) is 0. The van der Waals surface area contributed by atoms with Gasteiger partial charge in [0.05, 0.1) is 17.1 Å². The van der Waals surface area contributed by atoms with Gasteiger partial charge in [0.2, 0.25) is 0 Å². The van der Waals surface area contributed by atoms with Gasteiger partial charge in [0.15, 0.2) is 0 Å². The highest BCUT2D eigenvalue weighted by Gasteiger charge is 2.41. The first-order valence-electron chi connectivity index (χ1n) is 23.5. The van der Waals surface area contributed by atoms with Gasteiger partial charge < -0.3 is 4.90 Å². The summed E-state index contributed by atoms with van der Waals surface area (Å²) in [5.41, 5.74) is 19.1. The summed E-state index contributed by atoms with van der Waals surface area (Å²) in [4.78, 5) is 2.55. The van der Waals surface area contributed by atoms with E-state index in [9.17, 15) is 0 Å². The topological polar surface area (TPSA) is 3.24 Å². The molecule has 0 bridgehead atoms. The molecule has 0 saturated carbocycles. The molecule has 1 aromatic heterocycles. The van der Waals surface area contributed by atoms with Crippen molar-refractivity contribution in [1.82, 2.24) is 0 Å². The van der Waals surface area contributed by atoms with E-state index in [2.05, 4.69) is 267 Å². The van der Waals surface area contributed by atoms with E-state index in [4.69, 9.17) is 0 Å². The van der Waals surface area contributed by atoms with Crippen molar-refractivity contribution in [3.63, 3.8) is 0 Å². The number of benzene rings is 11. The Bertz CT molecular complexity index is 3880. The van der Waals surface area contributed by atoms with Crippen LogP contribution >= 0.6 is 11.3 Å². The smallest absolute Gasteiger partial charge is 0.0540 e. The largest absolute Gasteiger partial charge is 0.309 e. The second-order valence-corrected chi connectivity index (χ2v) is 19.1. The summed E-state index contributed by atoms with van der Waals surface area (Å²) < 4.78 is 2.59. The molecule has 320 valence electrons. The highest BCUT2D eigenvalue weighted by molar-refractivity contribution is 7.25. The second kappa shape index (κ2) is 16.2. The fourth-order valence-electron chi connectivity index (χ4n) is 11.3. The van der Waals surface area contributed by atoms with Crippen LogP contribution in [0, 0.1) is 0 Å². The lowest BCUT2D eigenvalue weighted by molar-refractivity contribution is 0.714. The zero-order valence-electron chi connectivity index (χ0n) is 37.6. The van der Waals surface area contributed by atoms with Gasteiger partial charge in [0.1, 0.15) is 0 Å². The van der Waals surface area contributed by atoms with Gasteiger partial charge in [-0.15, -0.1) is 11.3 Å². The normalized spacial score (nSPS) is 14.0. The molecule has 0 saturated heterocycles. The minimum absolute atomic E-state index is 0.330. The van der Waals surface area contributed by atoms with Crippen molar-refractivity contribution in [2.75, 3.05) is 4.90 Å². The van der Waals surface area contributed by atoms with Crippen molar-refractivity contribution in [3.05, 3.63) is 271 Å². The van der Waals surface area contributed by atoms with Gasteiger partial charge in [-0.2, -0.15) is 0 Å². The molecule has 13 rings (SSSR count). The number of para-hydroxylation sites is 3. The Morgan fingerprint density at radius 2 is 0.824 bits per heavy atom. The van der Waals surface area contributed by atoms with Gasteiger partial charge >= 0.3 is 0 Å². The fraction of sp³-hybridized carbons (Fsp3) is 0.0303. The lowest BCUT2D eigenvalue weighted by atomic mass is 9.74. The van der Waals surface area contributed by atoms with Gasteiger partial charge in [-0.05, 0) is 110 Å². The molecule has 0 spiro atoms. The first-order chi connectivity index (χ1) is 33.6. The number of anilines is 3. The Hall–Kier alpha value is -8.30. The lowest BCUT2D eigenvalue weighted by Crippen LogP contribution is -2.22. The first kappa shape index (κ1) is 40.0. The molecule has 1 aliphatic carbocycles. The molecule has 1 unspecified atom stereocenters. The zero-order valence-corrected chi connectivity index (χ0v) is 38.4. The van der Waals surface area contributed by atoms with Gasteiger partial charge in [-0.3, -0.25) is 0 Å². The van der Waals surface area contributed by atoms with Gasteiger partial charge in [-0.1, -0.05) is 218 Å². The Morgan fingerprint density at radius 3 is 1.54 bits per heavy atom. The number of nitrogens with zero attached hydrogens (tertiary/aromatic N) is 1. The predicted octanol–water partition coefficient (Wildman–Crippen LogP) is 18.7. The van der Waals surface area contributed by atoms with Gasteiger partial charge in [-0.25, -0.2) is 0 Å². The molecule has 1 aliphatic rings. The number of fused-ring (bicyclic) bond motifs is 7. The van der Waals surface area contributed by atoms with Crippen LogP contribution in [0.25, 0.3) is 86.6 Å². The Labute approximate surface area is 401 Å². The molecule has 0 amide bonds. The Morgan fingerprint density at radius 1 is 0.324 bits per heavy atom. The molecule has 2 heteroatoms. The van der Waals surface area contributed by atoms with Gasteiger partial charge in [0.25, 0.3) is 0 Å². The van der Waals surface area contributed by atoms with Crippen LogP contribution in [0.5, 0.6) is 0 Å². The van der Waals surface area contributed by atoms with Crippen LogP contribution in [0.3, 0.4) is 0 Å². The summed E-state index contributed by atoms with van der Waals surface area (Å²) in [5, 5.41) is 5.03. The number of hydrogen-bond acceptors (Lipinski definition) is 2. The van der Waals surface area contributed by atoms with Crippen molar-refractivity contribution in [2.24, 2.45) is 0 Å². The monoisotopic (exact) mass is 883 g/mol. The van der Waals surface area contributed by atoms with Crippen molar-refractivity contribution in [2.45, 2.75) is 12.3 Å². The minimum Gasteiger partial charge on any atom is -0.309 e. The van der Waals surface area contributed by atoms with Crippen LogP contribution in [0.15, 0.2) is 255 Å². The number of rotatable bonds is 8. The molecule has 1 atom stereocenters. The van der Waals surface area contributed by atoms with Crippen LogP contribution in [0.1, 0.15) is 23.6 Å². The molecular formula is C66H45NS. The maximum atomic E-state index is 2.55. The van der Waals surface area contributed by atoms with E-state index in [0.717, 1.165) is 28.2 Å². The van der Waals surface area contributed by atoms with Crippen LogP contribution < -0.4 is 4.90 Å². The molecule has 0 radical (unpaired) electrons. The molecule has 1 nitrogen and oxygen atoms in total. The van der Waals surface area contributed by atoms with E-state index >= 15 is 0 Å². The average molecular weight is 884 g/mol. The lowest BCUT2D eigenvalue weighted by Gasteiger charge is -2.32. The summed E-state index contributed by atoms with van der Waals surface area (Å²) in [6.07, 6.45) is 0. The van der Waals surface area contributed by atoms with Crippen LogP contribution in [0.4, 0.5) is 17.1 Å². The molecule has 0 N–H and O–H groups in total. The third-order valence-electron chi connectivity index (χ3n) is 14.4. The van der Waals surface area contributed by atoms with Crippen molar-refractivity contribution in [3.8, 4) is 55.6 Å². The Balaban J connectivity index is 1.09. The van der Waals surface area contributed by atoms with Crippen molar-refractivity contribution >= 4 is 59.3 Å². The third-order valence-corrected chi connectivity index (χ3v) is 15.5. The van der Waals surface area contributed by atoms with E-state index in [1.54, 1.807) is 0 Å². The van der Waals surface area contributed by atoms with Crippen molar-refractivity contribution < 1.29 is 0 Å². The van der Waals surface area contributed by atoms with E-state index in [-0.39, 0.29) is 5.41 Å². The van der Waals surface area contributed by atoms with Crippen LogP contribution in [0.2, 0.25) is 0 Å². The molecule has 11 aromatic carbocycles. The summed E-state index contributed by atoms with van der Waals surface area (Å²) >= 11 is 1.87. The standard InChI is InChI=1S/C66H45NS/c1-66(47-25-6-3-7-26-47)57-35-13-8-28-50(57)51-42-41-46(43-58(51)66)48-27-9-14-36-59(48)67(61-38-16-11-30-53(61)55-34-20-40-63-65(55)56-31-12-17-39-62(56)68-63)60-37-15-10-29-52(60)54-33-19-24-45-23-18-32-49(64(45)54)44-21-4-2-5-22-44/h2-43H,1H3. The molecular weight excluding hydrogens is 839 g/mol. The maximum absolute atomic E-state index is 2.55. The van der Waals surface area contributed by atoms with E-state index in [1.807, 2.05) is 11.3 Å².